The summed E-state index contributed by atoms with van der Waals surface area (Å²) in [5.74, 6) is 0.886. The molecule has 0 atom stereocenters. The summed E-state index contributed by atoms with van der Waals surface area (Å²) in [6.07, 6.45) is 5.15. The summed E-state index contributed by atoms with van der Waals surface area (Å²) in [5.41, 5.74) is 1.20. The molecule has 1 aromatic rings. The van der Waals surface area contributed by atoms with E-state index in [2.05, 4.69) is 15.6 Å². The van der Waals surface area contributed by atoms with Gasteiger partial charge in [-0.1, -0.05) is 36.6 Å². The van der Waals surface area contributed by atoms with Crippen LogP contribution in [0.25, 0.3) is 0 Å². The molecule has 0 bridgehead atoms. The van der Waals surface area contributed by atoms with Crippen LogP contribution < -0.4 is 10.6 Å². The molecule has 0 aromatic heterocycles. The van der Waals surface area contributed by atoms with Gasteiger partial charge in [-0.05, 0) is 30.5 Å². The van der Waals surface area contributed by atoms with E-state index in [4.69, 9.17) is 11.6 Å². The lowest BCUT2D eigenvalue weighted by Crippen LogP contribution is -2.41. The summed E-state index contributed by atoms with van der Waals surface area (Å²) in [6, 6.07) is 8.45. The maximum atomic E-state index is 5.86. The van der Waals surface area contributed by atoms with E-state index in [1.54, 1.807) is 0 Å². The third-order valence-corrected chi connectivity index (χ3v) is 3.54. The molecule has 98 valence electrons. The highest BCUT2D eigenvalue weighted by molar-refractivity contribution is 6.30. The van der Waals surface area contributed by atoms with Gasteiger partial charge >= 0.3 is 0 Å². The molecule has 3 nitrogen and oxygen atoms in total. The predicted octanol–water partition coefficient (Wildman–Crippen LogP) is 2.95. The second-order valence-corrected chi connectivity index (χ2v) is 5.11. The molecule has 2 rings (SSSR count). The minimum atomic E-state index is 0.585. The molecule has 0 saturated heterocycles. The molecular formula is C14H20ClN3. The number of hydrogen-bond donors (Lipinski definition) is 2. The number of benzene rings is 1. The van der Waals surface area contributed by atoms with E-state index in [1.165, 1.54) is 31.2 Å². The van der Waals surface area contributed by atoms with Gasteiger partial charge in [0.1, 0.15) is 0 Å². The SMILES string of the molecule is CN=C(NCc1ccc(Cl)cc1)NC1CCCC1. The molecule has 0 amide bonds. The van der Waals surface area contributed by atoms with Gasteiger partial charge in [0, 0.05) is 24.7 Å². The lowest BCUT2D eigenvalue weighted by Gasteiger charge is -2.16. The van der Waals surface area contributed by atoms with E-state index >= 15 is 0 Å². The number of nitrogens with one attached hydrogen (secondary N) is 2. The Labute approximate surface area is 114 Å². The maximum absolute atomic E-state index is 5.86. The summed E-state index contributed by atoms with van der Waals surface area (Å²) in [4.78, 5) is 4.25. The van der Waals surface area contributed by atoms with Crippen molar-refractivity contribution in [3.05, 3.63) is 34.9 Å². The minimum Gasteiger partial charge on any atom is -0.354 e. The van der Waals surface area contributed by atoms with Crippen molar-refractivity contribution in [2.75, 3.05) is 7.05 Å². The Kier molecular flexibility index (Phi) is 4.88. The molecule has 0 unspecified atom stereocenters. The molecule has 1 aliphatic carbocycles. The zero-order valence-corrected chi connectivity index (χ0v) is 11.5. The zero-order valence-electron chi connectivity index (χ0n) is 10.7. The van der Waals surface area contributed by atoms with Crippen LogP contribution in [0.2, 0.25) is 5.02 Å². The average Bonchev–Trinajstić information content (AvgIpc) is 2.89. The van der Waals surface area contributed by atoms with Crippen molar-refractivity contribution in [2.24, 2.45) is 4.99 Å². The normalized spacial score (nSPS) is 16.9. The highest BCUT2D eigenvalue weighted by atomic mass is 35.5. The molecule has 18 heavy (non-hydrogen) atoms. The third-order valence-electron chi connectivity index (χ3n) is 3.29. The Morgan fingerprint density at radius 2 is 1.94 bits per heavy atom. The summed E-state index contributed by atoms with van der Waals surface area (Å²) in [7, 11) is 1.81. The predicted molar refractivity (Wildman–Crippen MR) is 77.0 cm³/mol. The Morgan fingerprint density at radius 3 is 2.56 bits per heavy atom. The van der Waals surface area contributed by atoms with Gasteiger partial charge in [-0.15, -0.1) is 0 Å². The van der Waals surface area contributed by atoms with Crippen LogP contribution in [0.5, 0.6) is 0 Å². The van der Waals surface area contributed by atoms with Crippen molar-refractivity contribution in [3.63, 3.8) is 0 Å². The fourth-order valence-corrected chi connectivity index (χ4v) is 2.37. The van der Waals surface area contributed by atoms with E-state index in [-0.39, 0.29) is 0 Å². The molecule has 0 aliphatic heterocycles. The number of rotatable bonds is 3. The molecule has 1 aromatic carbocycles. The summed E-state index contributed by atoms with van der Waals surface area (Å²) in [5, 5.41) is 7.56. The highest BCUT2D eigenvalue weighted by Gasteiger charge is 2.15. The Bertz CT molecular complexity index is 394. The van der Waals surface area contributed by atoms with E-state index in [9.17, 15) is 0 Å². The monoisotopic (exact) mass is 265 g/mol. The van der Waals surface area contributed by atoms with Gasteiger partial charge in [0.25, 0.3) is 0 Å². The minimum absolute atomic E-state index is 0.585. The van der Waals surface area contributed by atoms with E-state index in [0.717, 1.165) is 17.5 Å². The lowest BCUT2D eigenvalue weighted by molar-refractivity contribution is 0.613. The van der Waals surface area contributed by atoms with Crippen LogP contribution in [-0.2, 0) is 6.54 Å². The highest BCUT2D eigenvalue weighted by Crippen LogP contribution is 2.17. The fraction of sp³-hybridized carbons (Fsp3) is 0.500. The molecule has 0 heterocycles. The van der Waals surface area contributed by atoms with E-state index in [0.29, 0.717) is 6.04 Å². The fourth-order valence-electron chi connectivity index (χ4n) is 2.25. The first-order valence-corrected chi connectivity index (χ1v) is 6.87. The molecule has 2 N–H and O–H groups in total. The number of halogens is 1. The lowest BCUT2D eigenvalue weighted by atomic mass is 10.2. The molecule has 1 aliphatic rings. The number of nitrogens with zero attached hydrogens (tertiary/aromatic N) is 1. The quantitative estimate of drug-likeness (QED) is 0.651. The molecule has 0 radical (unpaired) electrons. The summed E-state index contributed by atoms with van der Waals surface area (Å²) >= 11 is 5.86. The van der Waals surface area contributed by atoms with Gasteiger partial charge in [-0.3, -0.25) is 4.99 Å². The van der Waals surface area contributed by atoms with Crippen molar-refractivity contribution in [2.45, 2.75) is 38.3 Å². The van der Waals surface area contributed by atoms with Crippen LogP contribution in [0.3, 0.4) is 0 Å². The first-order valence-electron chi connectivity index (χ1n) is 6.49. The van der Waals surface area contributed by atoms with Gasteiger partial charge in [-0.2, -0.15) is 0 Å². The van der Waals surface area contributed by atoms with Gasteiger partial charge in [0.05, 0.1) is 0 Å². The van der Waals surface area contributed by atoms with E-state index < -0.39 is 0 Å². The van der Waals surface area contributed by atoms with Crippen LogP contribution >= 0.6 is 11.6 Å². The number of aliphatic imine (C=N–C) groups is 1. The second-order valence-electron chi connectivity index (χ2n) is 4.68. The molecular weight excluding hydrogens is 246 g/mol. The van der Waals surface area contributed by atoms with Crippen LogP contribution in [0.1, 0.15) is 31.2 Å². The van der Waals surface area contributed by atoms with Gasteiger partial charge in [0.15, 0.2) is 5.96 Å². The van der Waals surface area contributed by atoms with Crippen molar-refractivity contribution < 1.29 is 0 Å². The molecule has 1 fully saturated rings. The Morgan fingerprint density at radius 1 is 1.28 bits per heavy atom. The standard InChI is InChI=1S/C14H20ClN3/c1-16-14(18-13-4-2-3-5-13)17-10-11-6-8-12(15)9-7-11/h6-9,13H,2-5,10H2,1H3,(H2,16,17,18). The third kappa shape index (κ3) is 3.91. The van der Waals surface area contributed by atoms with Gasteiger partial charge in [0.2, 0.25) is 0 Å². The van der Waals surface area contributed by atoms with Crippen molar-refractivity contribution in [3.8, 4) is 0 Å². The van der Waals surface area contributed by atoms with Crippen molar-refractivity contribution in [1.29, 1.82) is 0 Å². The van der Waals surface area contributed by atoms with Crippen molar-refractivity contribution in [1.82, 2.24) is 10.6 Å². The average molecular weight is 266 g/mol. The van der Waals surface area contributed by atoms with E-state index in [1.807, 2.05) is 31.3 Å². The smallest absolute Gasteiger partial charge is 0.191 e. The summed E-state index contributed by atoms with van der Waals surface area (Å²) in [6.45, 7) is 0.767. The van der Waals surface area contributed by atoms with Gasteiger partial charge in [-0.25, -0.2) is 0 Å². The maximum Gasteiger partial charge on any atom is 0.191 e. The zero-order chi connectivity index (χ0) is 12.8. The largest absolute Gasteiger partial charge is 0.354 e. The molecule has 0 spiro atoms. The first-order chi connectivity index (χ1) is 8.78. The topological polar surface area (TPSA) is 36.4 Å². The first kappa shape index (κ1) is 13.2. The summed E-state index contributed by atoms with van der Waals surface area (Å²) < 4.78 is 0. The second kappa shape index (κ2) is 6.64. The Hall–Kier alpha value is -1.22. The Balaban J connectivity index is 1.81. The van der Waals surface area contributed by atoms with Crippen LogP contribution in [-0.4, -0.2) is 19.0 Å². The molecule has 4 heteroatoms. The van der Waals surface area contributed by atoms with Crippen LogP contribution in [0.4, 0.5) is 0 Å². The van der Waals surface area contributed by atoms with Gasteiger partial charge < -0.3 is 10.6 Å². The van der Waals surface area contributed by atoms with Crippen molar-refractivity contribution >= 4 is 17.6 Å². The van der Waals surface area contributed by atoms with Crippen LogP contribution in [0.15, 0.2) is 29.3 Å². The number of guanidine groups is 1. The number of hydrogen-bond acceptors (Lipinski definition) is 1. The van der Waals surface area contributed by atoms with Crippen LogP contribution in [0, 0.1) is 0 Å². The molecule has 1 saturated carbocycles.